The van der Waals surface area contributed by atoms with Crippen LogP contribution in [0.5, 0.6) is 0 Å². The molecular weight excluding hydrogens is 382 g/mol. The Bertz CT molecular complexity index is 924. The average Bonchev–Trinajstić information content (AvgIpc) is 2.89. The SMILES string of the molecule is Cc1ccc(S(=O)(=O)Nc2nn(-c3ncccn3)cc2Br)cc1. The third-order valence-corrected chi connectivity index (χ3v) is 4.92. The Balaban J connectivity index is 1.91. The van der Waals surface area contributed by atoms with E-state index in [1.54, 1.807) is 48.9 Å². The third-order valence-electron chi connectivity index (χ3n) is 2.99. The van der Waals surface area contributed by atoms with Gasteiger partial charge in [0.05, 0.1) is 15.6 Å². The number of hydrogen-bond acceptors (Lipinski definition) is 5. The van der Waals surface area contributed by atoms with Gasteiger partial charge in [-0.1, -0.05) is 17.7 Å². The van der Waals surface area contributed by atoms with Crippen molar-refractivity contribution in [2.24, 2.45) is 0 Å². The molecule has 3 aromatic rings. The number of benzene rings is 1. The first-order valence-electron chi connectivity index (χ1n) is 6.58. The maximum atomic E-state index is 12.4. The Hall–Kier alpha value is -2.26. The van der Waals surface area contributed by atoms with Crippen LogP contribution in [0.2, 0.25) is 0 Å². The zero-order valence-corrected chi connectivity index (χ0v) is 14.4. The van der Waals surface area contributed by atoms with Crippen molar-refractivity contribution in [2.45, 2.75) is 11.8 Å². The molecule has 2 aromatic heterocycles. The summed E-state index contributed by atoms with van der Waals surface area (Å²) in [6.45, 7) is 1.89. The van der Waals surface area contributed by atoms with Crippen LogP contribution < -0.4 is 4.72 Å². The van der Waals surface area contributed by atoms with Crippen molar-refractivity contribution < 1.29 is 8.42 Å². The van der Waals surface area contributed by atoms with E-state index in [-0.39, 0.29) is 10.7 Å². The quantitative estimate of drug-likeness (QED) is 0.735. The summed E-state index contributed by atoms with van der Waals surface area (Å²) in [7, 11) is -3.72. The Morgan fingerprint density at radius 2 is 1.78 bits per heavy atom. The second kappa shape index (κ2) is 6.09. The van der Waals surface area contributed by atoms with E-state index in [1.165, 1.54) is 4.68 Å². The van der Waals surface area contributed by atoms with Gasteiger partial charge in [0.2, 0.25) is 0 Å². The van der Waals surface area contributed by atoms with Crippen LogP contribution in [0, 0.1) is 6.92 Å². The summed E-state index contributed by atoms with van der Waals surface area (Å²) in [5, 5.41) is 4.16. The van der Waals surface area contributed by atoms with Crippen molar-refractivity contribution in [3.05, 3.63) is 59.0 Å². The van der Waals surface area contributed by atoms with Crippen molar-refractivity contribution >= 4 is 31.8 Å². The smallest absolute Gasteiger partial charge is 0.261 e. The summed E-state index contributed by atoms with van der Waals surface area (Å²) >= 11 is 3.29. The number of aromatic nitrogens is 4. The Kier molecular flexibility index (Phi) is 4.14. The second-order valence-electron chi connectivity index (χ2n) is 4.74. The van der Waals surface area contributed by atoms with Crippen molar-refractivity contribution in [2.75, 3.05) is 4.72 Å². The lowest BCUT2D eigenvalue weighted by molar-refractivity contribution is 0.601. The van der Waals surface area contributed by atoms with Gasteiger partial charge in [-0.25, -0.2) is 23.1 Å². The molecule has 0 atom stereocenters. The number of halogens is 1. The number of hydrogen-bond donors (Lipinski definition) is 1. The van der Waals surface area contributed by atoms with E-state index in [1.807, 2.05) is 6.92 Å². The summed E-state index contributed by atoms with van der Waals surface area (Å²) in [4.78, 5) is 8.29. The number of rotatable bonds is 4. The normalized spacial score (nSPS) is 11.4. The molecule has 23 heavy (non-hydrogen) atoms. The molecule has 0 saturated carbocycles. The summed E-state index contributed by atoms with van der Waals surface area (Å²) in [5.41, 5.74) is 0.982. The minimum absolute atomic E-state index is 0.165. The standard InChI is InChI=1S/C14H12BrN5O2S/c1-10-3-5-11(6-4-10)23(21,22)19-13-12(15)9-20(18-13)14-16-7-2-8-17-14/h2-9H,1H3,(H,18,19). The molecule has 0 aliphatic rings. The molecule has 118 valence electrons. The zero-order valence-electron chi connectivity index (χ0n) is 12.0. The van der Waals surface area contributed by atoms with E-state index in [0.29, 0.717) is 10.4 Å². The predicted molar refractivity (Wildman–Crippen MR) is 88.8 cm³/mol. The molecule has 2 heterocycles. The fourth-order valence-electron chi connectivity index (χ4n) is 1.84. The van der Waals surface area contributed by atoms with Gasteiger partial charge in [-0.15, -0.1) is 5.10 Å². The first kappa shape index (κ1) is 15.6. The molecule has 0 aliphatic carbocycles. The van der Waals surface area contributed by atoms with Gasteiger partial charge in [-0.2, -0.15) is 0 Å². The summed E-state index contributed by atoms with van der Waals surface area (Å²) in [5.74, 6) is 0.506. The van der Waals surface area contributed by atoms with E-state index in [9.17, 15) is 8.42 Å². The highest BCUT2D eigenvalue weighted by molar-refractivity contribution is 9.10. The van der Waals surface area contributed by atoms with Crippen molar-refractivity contribution in [1.82, 2.24) is 19.7 Å². The molecule has 1 N–H and O–H groups in total. The second-order valence-corrected chi connectivity index (χ2v) is 7.27. The van der Waals surface area contributed by atoms with E-state index < -0.39 is 10.0 Å². The lowest BCUT2D eigenvalue weighted by atomic mass is 10.2. The van der Waals surface area contributed by atoms with Gasteiger partial charge < -0.3 is 0 Å². The first-order chi connectivity index (χ1) is 11.0. The molecule has 0 aliphatic heterocycles. The van der Waals surface area contributed by atoms with Crippen LogP contribution in [-0.2, 0) is 10.0 Å². The van der Waals surface area contributed by atoms with E-state index in [2.05, 4.69) is 35.7 Å². The highest BCUT2D eigenvalue weighted by Gasteiger charge is 2.18. The molecule has 0 fully saturated rings. The predicted octanol–water partition coefficient (Wildman–Crippen LogP) is 2.53. The number of nitrogens with zero attached hydrogens (tertiary/aromatic N) is 4. The molecule has 0 bridgehead atoms. The highest BCUT2D eigenvalue weighted by Crippen LogP contribution is 2.24. The molecule has 1 aromatic carbocycles. The molecule has 0 saturated heterocycles. The van der Waals surface area contributed by atoms with Gasteiger partial charge in [-0.3, -0.25) is 4.72 Å². The minimum atomic E-state index is -3.72. The summed E-state index contributed by atoms with van der Waals surface area (Å²) in [6, 6.07) is 8.24. The lowest BCUT2D eigenvalue weighted by Crippen LogP contribution is -2.14. The van der Waals surface area contributed by atoms with Gasteiger partial charge in [0.15, 0.2) is 5.82 Å². The number of sulfonamides is 1. The third kappa shape index (κ3) is 3.40. The van der Waals surface area contributed by atoms with Crippen LogP contribution in [0.4, 0.5) is 5.82 Å². The Labute approximate surface area is 141 Å². The fraction of sp³-hybridized carbons (Fsp3) is 0.0714. The van der Waals surface area contributed by atoms with Crippen LogP contribution >= 0.6 is 15.9 Å². The van der Waals surface area contributed by atoms with Crippen LogP contribution in [0.1, 0.15) is 5.56 Å². The molecule has 0 spiro atoms. The number of nitrogens with one attached hydrogen (secondary N) is 1. The minimum Gasteiger partial charge on any atom is -0.261 e. The zero-order chi connectivity index (χ0) is 16.4. The van der Waals surface area contributed by atoms with Crippen LogP contribution in [-0.4, -0.2) is 28.2 Å². The van der Waals surface area contributed by atoms with E-state index in [0.717, 1.165) is 5.56 Å². The van der Waals surface area contributed by atoms with Crippen molar-refractivity contribution in [3.63, 3.8) is 0 Å². The highest BCUT2D eigenvalue weighted by atomic mass is 79.9. The van der Waals surface area contributed by atoms with Crippen LogP contribution in [0.3, 0.4) is 0 Å². The van der Waals surface area contributed by atoms with Gasteiger partial charge in [0.1, 0.15) is 0 Å². The first-order valence-corrected chi connectivity index (χ1v) is 8.85. The van der Waals surface area contributed by atoms with Gasteiger partial charge in [0.25, 0.3) is 16.0 Å². The molecule has 7 nitrogen and oxygen atoms in total. The maximum Gasteiger partial charge on any atom is 0.263 e. The summed E-state index contributed by atoms with van der Waals surface area (Å²) < 4.78 is 29.1. The number of anilines is 1. The molecule has 0 radical (unpaired) electrons. The Morgan fingerprint density at radius 3 is 2.43 bits per heavy atom. The molecule has 0 unspecified atom stereocenters. The maximum absolute atomic E-state index is 12.4. The fourth-order valence-corrected chi connectivity index (χ4v) is 3.36. The van der Waals surface area contributed by atoms with Crippen molar-refractivity contribution in [1.29, 1.82) is 0 Å². The molecule has 3 rings (SSSR count). The average molecular weight is 394 g/mol. The molecular formula is C14H12BrN5O2S. The van der Waals surface area contributed by atoms with Gasteiger partial charge in [0, 0.05) is 12.4 Å². The van der Waals surface area contributed by atoms with E-state index in [4.69, 9.17) is 0 Å². The van der Waals surface area contributed by atoms with Crippen LogP contribution in [0.25, 0.3) is 5.95 Å². The van der Waals surface area contributed by atoms with Crippen molar-refractivity contribution in [3.8, 4) is 5.95 Å². The molecule has 0 amide bonds. The van der Waals surface area contributed by atoms with Crippen LogP contribution in [0.15, 0.2) is 58.3 Å². The molecule has 9 heteroatoms. The lowest BCUT2D eigenvalue weighted by Gasteiger charge is -2.06. The number of aryl methyl sites for hydroxylation is 1. The van der Waals surface area contributed by atoms with E-state index >= 15 is 0 Å². The van der Waals surface area contributed by atoms with Gasteiger partial charge in [-0.05, 0) is 41.1 Å². The topological polar surface area (TPSA) is 89.8 Å². The summed E-state index contributed by atoms with van der Waals surface area (Å²) in [6.07, 6.45) is 4.74. The monoisotopic (exact) mass is 393 g/mol. The van der Waals surface area contributed by atoms with Gasteiger partial charge >= 0.3 is 0 Å². The Morgan fingerprint density at radius 1 is 1.13 bits per heavy atom. The largest absolute Gasteiger partial charge is 0.263 e.